The van der Waals surface area contributed by atoms with E-state index in [2.05, 4.69) is 25.9 Å². The summed E-state index contributed by atoms with van der Waals surface area (Å²) >= 11 is 0. The number of halogens is 3. The van der Waals surface area contributed by atoms with Crippen LogP contribution in [0.25, 0.3) is 0 Å². The van der Waals surface area contributed by atoms with Gasteiger partial charge in [-0.15, -0.1) is 0 Å². The number of carbonyl (C=O) groups excluding carboxylic acids is 1. The normalized spacial score (nSPS) is 13.3. The number of anilines is 5. The van der Waals surface area contributed by atoms with E-state index >= 15 is 0 Å². The number of morpholine rings is 1. The number of hydrogen-bond acceptors (Lipinski definition) is 8. The van der Waals surface area contributed by atoms with E-state index in [0.717, 1.165) is 17.5 Å². The highest BCUT2D eigenvalue weighted by Crippen LogP contribution is 2.38. The molecule has 0 aliphatic carbocycles. The molecule has 0 saturated carbocycles. The summed E-state index contributed by atoms with van der Waals surface area (Å²) in [5.41, 5.74) is 0.456. The molecule has 42 heavy (non-hydrogen) atoms. The number of hydrogen-bond donors (Lipinski definition) is 3. The van der Waals surface area contributed by atoms with Crippen LogP contribution in [-0.2, 0) is 10.9 Å². The van der Waals surface area contributed by atoms with Gasteiger partial charge in [-0.2, -0.15) is 13.2 Å². The molecule has 0 bridgehead atoms. The van der Waals surface area contributed by atoms with E-state index in [9.17, 15) is 18.0 Å². The van der Waals surface area contributed by atoms with Crippen molar-refractivity contribution in [1.29, 1.82) is 0 Å². The molecule has 0 radical (unpaired) electrons. The molecule has 1 aliphatic rings. The number of alkyl halides is 3. The third kappa shape index (κ3) is 7.37. The van der Waals surface area contributed by atoms with E-state index in [0.29, 0.717) is 49.4 Å². The summed E-state index contributed by atoms with van der Waals surface area (Å²) in [7, 11) is 1.59. The van der Waals surface area contributed by atoms with Gasteiger partial charge in [0, 0.05) is 41.9 Å². The predicted octanol–water partition coefficient (Wildman–Crippen LogP) is 6.52. The molecule has 0 spiro atoms. The van der Waals surface area contributed by atoms with Crippen LogP contribution >= 0.6 is 0 Å². The number of amides is 2. The van der Waals surface area contributed by atoms with Gasteiger partial charge in [-0.1, -0.05) is 0 Å². The van der Waals surface area contributed by atoms with Gasteiger partial charge in [-0.25, -0.2) is 14.8 Å². The summed E-state index contributed by atoms with van der Waals surface area (Å²) < 4.78 is 57.6. The van der Waals surface area contributed by atoms with Gasteiger partial charge in [-0.3, -0.25) is 0 Å². The quantitative estimate of drug-likeness (QED) is 0.216. The molecular weight excluding hydrogens is 553 g/mol. The SMILES string of the molecule is COc1ccc(Nc2cc(Oc3ccc(NC(=O)Nc4ccc(N5CCOCC5)c(C(F)(F)F)c4)cc3)ncn2)cc1. The molecule has 3 N–H and O–H groups in total. The zero-order valence-corrected chi connectivity index (χ0v) is 22.4. The number of nitrogens with zero attached hydrogens (tertiary/aromatic N) is 3. The first-order valence-corrected chi connectivity index (χ1v) is 12.9. The molecule has 0 unspecified atom stereocenters. The molecule has 2 amide bonds. The summed E-state index contributed by atoms with van der Waals surface area (Å²) in [6.45, 7) is 1.42. The minimum atomic E-state index is -4.59. The van der Waals surface area contributed by atoms with Crippen LogP contribution in [0.5, 0.6) is 17.4 Å². The fourth-order valence-corrected chi connectivity index (χ4v) is 4.23. The number of methoxy groups -OCH3 is 1. The van der Waals surface area contributed by atoms with Crippen molar-refractivity contribution >= 4 is 34.6 Å². The Kier molecular flexibility index (Phi) is 8.58. The lowest BCUT2D eigenvalue weighted by atomic mass is 10.1. The monoisotopic (exact) mass is 580 g/mol. The number of urea groups is 1. The molecule has 5 rings (SSSR count). The average molecular weight is 581 g/mol. The van der Waals surface area contributed by atoms with Gasteiger partial charge in [-0.05, 0) is 66.7 Å². The fourth-order valence-electron chi connectivity index (χ4n) is 4.23. The van der Waals surface area contributed by atoms with Crippen molar-refractivity contribution in [3.8, 4) is 17.4 Å². The molecular formula is C29H27F3N6O4. The van der Waals surface area contributed by atoms with E-state index in [1.807, 2.05) is 24.3 Å². The molecule has 2 heterocycles. The molecule has 1 aliphatic heterocycles. The van der Waals surface area contributed by atoms with Gasteiger partial charge in [0.2, 0.25) is 5.88 Å². The highest BCUT2D eigenvalue weighted by molar-refractivity contribution is 6.00. The van der Waals surface area contributed by atoms with Gasteiger partial charge < -0.3 is 35.1 Å². The number of carbonyl (C=O) groups is 1. The first-order chi connectivity index (χ1) is 20.3. The number of nitrogens with one attached hydrogen (secondary N) is 3. The fraction of sp³-hybridized carbons (Fsp3) is 0.207. The summed E-state index contributed by atoms with van der Waals surface area (Å²) in [4.78, 5) is 22.5. The zero-order chi connectivity index (χ0) is 29.5. The van der Waals surface area contributed by atoms with Gasteiger partial charge in [0.1, 0.15) is 23.6 Å². The number of aromatic nitrogens is 2. The molecule has 0 atom stereocenters. The van der Waals surface area contributed by atoms with Crippen LogP contribution in [0.4, 0.5) is 46.5 Å². The Morgan fingerprint density at radius 2 is 1.50 bits per heavy atom. The average Bonchev–Trinajstić information content (AvgIpc) is 2.99. The predicted molar refractivity (Wildman–Crippen MR) is 152 cm³/mol. The lowest BCUT2D eigenvalue weighted by Crippen LogP contribution is -2.37. The highest BCUT2D eigenvalue weighted by Gasteiger charge is 2.35. The lowest BCUT2D eigenvalue weighted by molar-refractivity contribution is -0.137. The van der Waals surface area contributed by atoms with Crippen LogP contribution in [0.3, 0.4) is 0 Å². The van der Waals surface area contributed by atoms with Crippen molar-refractivity contribution in [3.63, 3.8) is 0 Å². The second-order valence-corrected chi connectivity index (χ2v) is 9.13. The van der Waals surface area contributed by atoms with E-state index in [-0.39, 0.29) is 11.4 Å². The van der Waals surface area contributed by atoms with Crippen LogP contribution in [-0.4, -0.2) is 49.4 Å². The first kappa shape index (κ1) is 28.5. The first-order valence-electron chi connectivity index (χ1n) is 12.9. The highest BCUT2D eigenvalue weighted by atomic mass is 19.4. The topological polar surface area (TPSA) is 110 Å². The molecule has 218 valence electrons. The molecule has 4 aromatic rings. The van der Waals surface area contributed by atoms with Crippen LogP contribution in [0.1, 0.15) is 5.56 Å². The number of ether oxygens (including phenoxy) is 3. The second-order valence-electron chi connectivity index (χ2n) is 9.13. The Bertz CT molecular complexity index is 1510. The maximum absolute atomic E-state index is 13.8. The van der Waals surface area contributed by atoms with Crippen LogP contribution in [0.15, 0.2) is 79.1 Å². The van der Waals surface area contributed by atoms with Crippen LogP contribution < -0.4 is 30.3 Å². The summed E-state index contributed by atoms with van der Waals surface area (Å²) in [5, 5.41) is 8.22. The van der Waals surface area contributed by atoms with E-state index in [1.54, 1.807) is 42.3 Å². The molecule has 10 nitrogen and oxygen atoms in total. The molecule has 1 fully saturated rings. The minimum Gasteiger partial charge on any atom is -0.497 e. The lowest BCUT2D eigenvalue weighted by Gasteiger charge is -2.31. The third-order valence-corrected chi connectivity index (χ3v) is 6.25. The van der Waals surface area contributed by atoms with Gasteiger partial charge in [0.15, 0.2) is 0 Å². The Hall–Kier alpha value is -5.04. The van der Waals surface area contributed by atoms with E-state index < -0.39 is 17.8 Å². The second kappa shape index (κ2) is 12.6. The van der Waals surface area contributed by atoms with Gasteiger partial charge in [0.25, 0.3) is 0 Å². The zero-order valence-electron chi connectivity index (χ0n) is 22.4. The van der Waals surface area contributed by atoms with E-state index in [4.69, 9.17) is 14.2 Å². The van der Waals surface area contributed by atoms with Crippen LogP contribution in [0, 0.1) is 0 Å². The van der Waals surface area contributed by atoms with Crippen molar-refractivity contribution in [2.45, 2.75) is 6.18 Å². The largest absolute Gasteiger partial charge is 0.497 e. The molecule has 1 aromatic heterocycles. The smallest absolute Gasteiger partial charge is 0.418 e. The van der Waals surface area contributed by atoms with Crippen molar-refractivity contribution in [2.75, 3.05) is 54.3 Å². The summed E-state index contributed by atoms with van der Waals surface area (Å²) in [6, 6.07) is 18.4. The minimum absolute atomic E-state index is 0.0135. The van der Waals surface area contributed by atoms with Crippen molar-refractivity contribution in [2.24, 2.45) is 0 Å². The summed E-state index contributed by atoms with van der Waals surface area (Å²) in [5.74, 6) is 1.99. The van der Waals surface area contributed by atoms with E-state index in [1.165, 1.54) is 18.5 Å². The molecule has 1 saturated heterocycles. The Morgan fingerprint density at radius 1 is 0.857 bits per heavy atom. The maximum Gasteiger partial charge on any atom is 0.418 e. The van der Waals surface area contributed by atoms with Crippen molar-refractivity contribution < 1.29 is 32.2 Å². The number of rotatable bonds is 8. The third-order valence-electron chi connectivity index (χ3n) is 6.25. The Morgan fingerprint density at radius 3 is 2.19 bits per heavy atom. The molecule has 13 heteroatoms. The number of benzene rings is 3. The molecule has 3 aromatic carbocycles. The van der Waals surface area contributed by atoms with Crippen molar-refractivity contribution in [1.82, 2.24) is 9.97 Å². The summed E-state index contributed by atoms with van der Waals surface area (Å²) in [6.07, 6.45) is -3.23. The van der Waals surface area contributed by atoms with Gasteiger partial charge >= 0.3 is 12.2 Å². The Balaban J connectivity index is 1.19. The van der Waals surface area contributed by atoms with Crippen molar-refractivity contribution in [3.05, 3.63) is 84.7 Å². The van der Waals surface area contributed by atoms with Gasteiger partial charge in [0.05, 0.1) is 25.9 Å². The maximum atomic E-state index is 13.8. The standard InChI is InChI=1S/C29H27F3N6O4/c1-40-22-7-2-19(3-8-22)35-26-17-27(34-18-33-26)42-23-9-4-20(5-10-23)36-28(39)37-21-6-11-25(24(16-21)29(30,31)32)38-12-14-41-15-13-38/h2-11,16-18H,12-15H2,1H3,(H,33,34,35)(H2,36,37,39). The van der Waals surface area contributed by atoms with Crippen LogP contribution in [0.2, 0.25) is 0 Å². The Labute approximate surface area is 239 Å².